The molecule has 0 aliphatic rings. The topological polar surface area (TPSA) is 83.9 Å². The fourth-order valence-corrected chi connectivity index (χ4v) is 3.50. The molecule has 2 heterocycles. The summed E-state index contributed by atoms with van der Waals surface area (Å²) in [7, 11) is 1.98. The van der Waals surface area contributed by atoms with Gasteiger partial charge < -0.3 is 20.4 Å². The highest BCUT2D eigenvalue weighted by atomic mass is 79.9. The van der Waals surface area contributed by atoms with Gasteiger partial charge in [0, 0.05) is 18.5 Å². The lowest BCUT2D eigenvalue weighted by Crippen LogP contribution is -2.38. The van der Waals surface area contributed by atoms with Crippen LogP contribution in [0.15, 0.2) is 37.5 Å². The quantitative estimate of drug-likeness (QED) is 0.578. The Morgan fingerprint density at radius 2 is 2.22 bits per heavy atom. The predicted molar refractivity (Wildman–Crippen MR) is 95.5 cm³/mol. The summed E-state index contributed by atoms with van der Waals surface area (Å²) >= 11 is 5.16. The first kappa shape index (κ1) is 17.6. The van der Waals surface area contributed by atoms with E-state index in [9.17, 15) is 4.79 Å². The number of thiophene rings is 1. The molecule has 0 saturated heterocycles. The first-order chi connectivity index (χ1) is 11.0. The lowest BCUT2D eigenvalue weighted by molar-refractivity contribution is 0.0972. The molecule has 0 bridgehead atoms. The van der Waals surface area contributed by atoms with Gasteiger partial charge in [0.05, 0.1) is 10.3 Å². The molecule has 0 atom stereocenters. The van der Waals surface area contributed by atoms with Gasteiger partial charge in [-0.1, -0.05) is 0 Å². The Bertz CT molecular complexity index is 695. The number of amides is 1. The van der Waals surface area contributed by atoms with Gasteiger partial charge in [0.25, 0.3) is 5.91 Å². The van der Waals surface area contributed by atoms with Crippen LogP contribution >= 0.6 is 27.3 Å². The van der Waals surface area contributed by atoms with E-state index >= 15 is 0 Å². The maximum atomic E-state index is 11.0. The summed E-state index contributed by atoms with van der Waals surface area (Å²) in [6, 6.07) is 7.39. The van der Waals surface area contributed by atoms with Crippen molar-refractivity contribution in [2.75, 3.05) is 13.6 Å². The second-order valence-electron chi connectivity index (χ2n) is 4.86. The van der Waals surface area contributed by atoms with Crippen LogP contribution in [0.2, 0.25) is 0 Å². The van der Waals surface area contributed by atoms with Gasteiger partial charge in [-0.05, 0) is 47.1 Å². The summed E-state index contributed by atoms with van der Waals surface area (Å²) < 4.78 is 6.45. The average molecular weight is 399 g/mol. The standard InChI is InChI=1S/C15H19BrN4O2S/c1-3-18-15(20(2)9-11-5-7-13(16)23-11)19-8-10-4-6-12(22-10)14(17)21/h4-7H,3,8-9H2,1-2H3,(H2,17,21)(H,18,19). The van der Waals surface area contributed by atoms with Crippen LogP contribution in [0.3, 0.4) is 0 Å². The van der Waals surface area contributed by atoms with Gasteiger partial charge in [-0.2, -0.15) is 0 Å². The number of guanidine groups is 1. The van der Waals surface area contributed by atoms with E-state index < -0.39 is 5.91 Å². The summed E-state index contributed by atoms with van der Waals surface area (Å²) in [6.07, 6.45) is 0. The zero-order chi connectivity index (χ0) is 16.8. The maximum Gasteiger partial charge on any atom is 0.284 e. The molecular weight excluding hydrogens is 380 g/mol. The molecule has 0 aliphatic carbocycles. The van der Waals surface area contributed by atoms with Crippen LogP contribution in [0.5, 0.6) is 0 Å². The highest BCUT2D eigenvalue weighted by Crippen LogP contribution is 2.23. The highest BCUT2D eigenvalue weighted by Gasteiger charge is 2.10. The minimum atomic E-state index is -0.576. The van der Waals surface area contributed by atoms with E-state index in [0.29, 0.717) is 12.3 Å². The second-order valence-corrected chi connectivity index (χ2v) is 7.41. The Hall–Kier alpha value is -1.80. The molecular formula is C15H19BrN4O2S. The van der Waals surface area contributed by atoms with E-state index in [0.717, 1.165) is 22.8 Å². The molecule has 2 aromatic rings. The van der Waals surface area contributed by atoms with Crippen molar-refractivity contribution in [1.29, 1.82) is 0 Å². The zero-order valence-corrected chi connectivity index (χ0v) is 15.4. The number of rotatable bonds is 6. The summed E-state index contributed by atoms with van der Waals surface area (Å²) in [5.41, 5.74) is 5.18. The van der Waals surface area contributed by atoms with Crippen molar-refractivity contribution in [1.82, 2.24) is 10.2 Å². The van der Waals surface area contributed by atoms with Crippen molar-refractivity contribution in [2.24, 2.45) is 10.7 Å². The van der Waals surface area contributed by atoms with Crippen molar-refractivity contribution in [3.63, 3.8) is 0 Å². The monoisotopic (exact) mass is 398 g/mol. The number of hydrogen-bond donors (Lipinski definition) is 2. The third-order valence-electron chi connectivity index (χ3n) is 3.01. The van der Waals surface area contributed by atoms with Gasteiger partial charge in [0.1, 0.15) is 12.3 Å². The summed E-state index contributed by atoms with van der Waals surface area (Å²) in [4.78, 5) is 18.9. The van der Waals surface area contributed by atoms with Crippen LogP contribution in [0.4, 0.5) is 0 Å². The number of halogens is 1. The van der Waals surface area contributed by atoms with Gasteiger partial charge in [0.15, 0.2) is 11.7 Å². The van der Waals surface area contributed by atoms with Crippen LogP contribution in [0.1, 0.15) is 28.1 Å². The predicted octanol–water partition coefficient (Wildman–Crippen LogP) is 2.80. The number of hydrogen-bond acceptors (Lipinski definition) is 4. The first-order valence-corrected chi connectivity index (χ1v) is 8.72. The third-order valence-corrected chi connectivity index (χ3v) is 4.62. The molecule has 8 heteroatoms. The third kappa shape index (κ3) is 5.11. The minimum Gasteiger partial charge on any atom is -0.454 e. The number of carbonyl (C=O) groups excluding carboxylic acids is 1. The van der Waals surface area contributed by atoms with E-state index in [2.05, 4.69) is 32.3 Å². The van der Waals surface area contributed by atoms with Gasteiger partial charge in [-0.3, -0.25) is 4.79 Å². The van der Waals surface area contributed by atoms with Crippen molar-refractivity contribution in [2.45, 2.75) is 20.0 Å². The molecule has 0 saturated carbocycles. The molecule has 0 aliphatic heterocycles. The number of primary amides is 1. The molecule has 2 aromatic heterocycles. The SMILES string of the molecule is CCNC(=NCc1ccc(C(N)=O)o1)N(C)Cc1ccc(Br)s1. The molecule has 0 spiro atoms. The van der Waals surface area contributed by atoms with Gasteiger partial charge in [-0.15, -0.1) is 11.3 Å². The number of furan rings is 1. The largest absolute Gasteiger partial charge is 0.454 e. The number of nitrogens with one attached hydrogen (secondary N) is 1. The molecule has 6 nitrogen and oxygen atoms in total. The van der Waals surface area contributed by atoms with Gasteiger partial charge in [-0.25, -0.2) is 4.99 Å². The van der Waals surface area contributed by atoms with E-state index in [1.54, 1.807) is 23.5 Å². The molecule has 0 aromatic carbocycles. The van der Waals surface area contributed by atoms with Crippen LogP contribution < -0.4 is 11.1 Å². The Labute approximate surface area is 147 Å². The Balaban J connectivity index is 2.04. The van der Waals surface area contributed by atoms with Gasteiger partial charge >= 0.3 is 0 Å². The fourth-order valence-electron chi connectivity index (χ4n) is 1.96. The van der Waals surface area contributed by atoms with Crippen LogP contribution in [-0.4, -0.2) is 30.4 Å². The smallest absolute Gasteiger partial charge is 0.284 e. The number of nitrogens with two attached hydrogens (primary N) is 1. The van der Waals surface area contributed by atoms with E-state index in [1.165, 1.54) is 4.88 Å². The highest BCUT2D eigenvalue weighted by molar-refractivity contribution is 9.11. The molecule has 0 radical (unpaired) electrons. The summed E-state index contributed by atoms with van der Waals surface area (Å²) in [5, 5.41) is 3.24. The molecule has 124 valence electrons. The molecule has 2 rings (SSSR count). The van der Waals surface area contributed by atoms with Crippen LogP contribution in [0, 0.1) is 0 Å². The van der Waals surface area contributed by atoms with Crippen molar-refractivity contribution in [3.05, 3.63) is 44.4 Å². The van der Waals surface area contributed by atoms with Crippen molar-refractivity contribution < 1.29 is 9.21 Å². The van der Waals surface area contributed by atoms with E-state index in [4.69, 9.17) is 10.2 Å². The van der Waals surface area contributed by atoms with Gasteiger partial charge in [0.2, 0.25) is 0 Å². The summed E-state index contributed by atoms with van der Waals surface area (Å²) in [6.45, 7) is 3.88. The lowest BCUT2D eigenvalue weighted by atomic mass is 10.4. The van der Waals surface area contributed by atoms with Crippen molar-refractivity contribution >= 4 is 39.1 Å². The number of aliphatic imine (C=N–C) groups is 1. The number of carbonyl (C=O) groups is 1. The molecule has 23 heavy (non-hydrogen) atoms. The molecule has 0 fully saturated rings. The molecule has 0 unspecified atom stereocenters. The van der Waals surface area contributed by atoms with Crippen LogP contribution in [0.25, 0.3) is 0 Å². The van der Waals surface area contributed by atoms with Crippen molar-refractivity contribution in [3.8, 4) is 0 Å². The van der Waals surface area contributed by atoms with Crippen LogP contribution in [-0.2, 0) is 13.1 Å². The average Bonchev–Trinajstić information content (AvgIpc) is 3.12. The first-order valence-electron chi connectivity index (χ1n) is 7.11. The van der Waals surface area contributed by atoms with E-state index in [-0.39, 0.29) is 5.76 Å². The molecule has 3 N–H and O–H groups in total. The fraction of sp³-hybridized carbons (Fsp3) is 0.333. The Morgan fingerprint density at radius 3 is 2.78 bits per heavy atom. The minimum absolute atomic E-state index is 0.150. The lowest BCUT2D eigenvalue weighted by Gasteiger charge is -2.21. The Morgan fingerprint density at radius 1 is 1.43 bits per heavy atom. The second kappa shape index (κ2) is 8.16. The Kier molecular flexibility index (Phi) is 6.23. The zero-order valence-electron chi connectivity index (χ0n) is 13.0. The summed E-state index contributed by atoms with van der Waals surface area (Å²) in [5.74, 6) is 0.944. The molecule has 1 amide bonds. The normalized spacial score (nSPS) is 11.5. The maximum absolute atomic E-state index is 11.0. The van der Waals surface area contributed by atoms with E-state index in [1.807, 2.05) is 24.9 Å². The number of nitrogens with zero attached hydrogens (tertiary/aromatic N) is 2.